The largest absolute Gasteiger partial charge is 0.480 e. The zero-order valence-corrected chi connectivity index (χ0v) is 11.5. The fourth-order valence-corrected chi connectivity index (χ4v) is 2.63. The highest BCUT2D eigenvalue weighted by atomic mass is 32.1. The maximum atomic E-state index is 10.5. The number of fused-ring (bicyclic) bond motifs is 1. The van der Waals surface area contributed by atoms with E-state index < -0.39 is 5.97 Å². The Morgan fingerprint density at radius 2 is 2.38 bits per heavy atom. The molecule has 7 nitrogen and oxygen atoms in total. The van der Waals surface area contributed by atoms with Gasteiger partial charge in [-0.05, 0) is 12.1 Å². The van der Waals surface area contributed by atoms with E-state index in [1.807, 2.05) is 6.07 Å². The van der Waals surface area contributed by atoms with E-state index in [4.69, 9.17) is 10.4 Å². The Kier molecular flexibility index (Phi) is 3.25. The molecule has 0 bridgehead atoms. The van der Waals surface area contributed by atoms with Crippen molar-refractivity contribution in [2.75, 3.05) is 11.9 Å². The summed E-state index contributed by atoms with van der Waals surface area (Å²) in [6, 6.07) is 9.24. The standard InChI is InChI=1S/C13H9N5O2S/c14-5-8-2-1-3-9(4-8)10-6-16-13-18(10)17-12(21-13)15-7-11(19)20/h1-4,6H,7H2,(H,15,17)(H,19,20). The van der Waals surface area contributed by atoms with E-state index >= 15 is 0 Å². The van der Waals surface area contributed by atoms with Crippen molar-refractivity contribution >= 4 is 27.4 Å². The molecule has 0 saturated heterocycles. The number of imidazole rings is 1. The van der Waals surface area contributed by atoms with Crippen LogP contribution in [0.5, 0.6) is 0 Å². The highest BCUT2D eigenvalue weighted by Crippen LogP contribution is 2.26. The normalized spacial score (nSPS) is 10.4. The molecule has 0 unspecified atom stereocenters. The molecule has 2 aromatic heterocycles. The first-order chi connectivity index (χ1) is 10.2. The molecule has 8 heteroatoms. The van der Waals surface area contributed by atoms with Gasteiger partial charge in [-0.2, -0.15) is 5.26 Å². The van der Waals surface area contributed by atoms with Crippen molar-refractivity contribution in [3.8, 4) is 17.3 Å². The minimum atomic E-state index is -0.954. The average molecular weight is 299 g/mol. The number of anilines is 1. The fourth-order valence-electron chi connectivity index (χ4n) is 1.86. The van der Waals surface area contributed by atoms with Gasteiger partial charge in [0.2, 0.25) is 10.1 Å². The van der Waals surface area contributed by atoms with Crippen LogP contribution in [-0.4, -0.2) is 32.2 Å². The molecular weight excluding hydrogens is 290 g/mol. The Bertz CT molecular complexity index is 861. The third-order valence-corrected chi connectivity index (χ3v) is 3.64. The number of carboxylic acids is 1. The Labute approximate surface area is 123 Å². The molecule has 0 fully saturated rings. The second kappa shape index (κ2) is 5.22. The van der Waals surface area contributed by atoms with Crippen molar-refractivity contribution in [2.24, 2.45) is 0 Å². The van der Waals surface area contributed by atoms with Gasteiger partial charge in [-0.25, -0.2) is 9.50 Å². The maximum absolute atomic E-state index is 10.5. The van der Waals surface area contributed by atoms with Gasteiger partial charge in [0.05, 0.1) is 23.5 Å². The van der Waals surface area contributed by atoms with Crippen molar-refractivity contribution < 1.29 is 9.90 Å². The predicted molar refractivity (Wildman–Crippen MR) is 77.1 cm³/mol. The lowest BCUT2D eigenvalue weighted by Crippen LogP contribution is -2.12. The second-order valence-corrected chi connectivity index (χ2v) is 5.14. The molecule has 0 radical (unpaired) electrons. The molecule has 0 amide bonds. The van der Waals surface area contributed by atoms with E-state index in [-0.39, 0.29) is 6.54 Å². The topological polar surface area (TPSA) is 103 Å². The van der Waals surface area contributed by atoms with Gasteiger partial charge in [-0.1, -0.05) is 23.5 Å². The number of nitriles is 1. The van der Waals surface area contributed by atoms with Crippen LogP contribution in [0.15, 0.2) is 30.5 Å². The summed E-state index contributed by atoms with van der Waals surface area (Å²) in [5, 5.41) is 25.1. The molecule has 1 aromatic carbocycles. The lowest BCUT2D eigenvalue weighted by molar-refractivity contribution is -0.134. The van der Waals surface area contributed by atoms with Gasteiger partial charge in [0.25, 0.3) is 0 Å². The van der Waals surface area contributed by atoms with Crippen molar-refractivity contribution in [3.63, 3.8) is 0 Å². The number of carbonyl (C=O) groups is 1. The first-order valence-electron chi connectivity index (χ1n) is 5.98. The van der Waals surface area contributed by atoms with Crippen LogP contribution >= 0.6 is 11.3 Å². The maximum Gasteiger partial charge on any atom is 0.322 e. The lowest BCUT2D eigenvalue weighted by Gasteiger charge is -1.99. The van der Waals surface area contributed by atoms with Crippen LogP contribution in [0, 0.1) is 11.3 Å². The lowest BCUT2D eigenvalue weighted by atomic mass is 10.1. The number of nitrogens with zero attached hydrogens (tertiary/aromatic N) is 4. The number of carboxylic acid groups (broad SMARTS) is 1. The number of nitrogens with one attached hydrogen (secondary N) is 1. The number of rotatable bonds is 4. The van der Waals surface area contributed by atoms with Gasteiger partial charge >= 0.3 is 5.97 Å². The zero-order valence-electron chi connectivity index (χ0n) is 10.6. The highest BCUT2D eigenvalue weighted by molar-refractivity contribution is 7.20. The highest BCUT2D eigenvalue weighted by Gasteiger charge is 2.12. The number of aromatic nitrogens is 3. The molecule has 104 valence electrons. The smallest absolute Gasteiger partial charge is 0.322 e. The first kappa shape index (κ1) is 13.1. The van der Waals surface area contributed by atoms with Crippen molar-refractivity contribution in [1.29, 1.82) is 5.26 Å². The average Bonchev–Trinajstić information content (AvgIpc) is 3.04. The van der Waals surface area contributed by atoms with Gasteiger partial charge in [0.1, 0.15) is 6.54 Å². The van der Waals surface area contributed by atoms with E-state index in [2.05, 4.69) is 21.5 Å². The summed E-state index contributed by atoms with van der Waals surface area (Å²) in [6.07, 6.45) is 1.68. The summed E-state index contributed by atoms with van der Waals surface area (Å²) < 4.78 is 1.63. The van der Waals surface area contributed by atoms with E-state index in [0.717, 1.165) is 11.3 Å². The van der Waals surface area contributed by atoms with Crippen LogP contribution < -0.4 is 5.32 Å². The minimum absolute atomic E-state index is 0.198. The predicted octanol–water partition coefficient (Wildman–Crippen LogP) is 1.83. The summed E-state index contributed by atoms with van der Waals surface area (Å²) in [7, 11) is 0. The van der Waals surface area contributed by atoms with Crippen LogP contribution in [0.2, 0.25) is 0 Å². The molecule has 0 aliphatic rings. The third kappa shape index (κ3) is 2.54. The van der Waals surface area contributed by atoms with Gasteiger partial charge in [-0.3, -0.25) is 4.79 Å². The molecule has 0 atom stereocenters. The van der Waals surface area contributed by atoms with Crippen molar-refractivity contribution in [3.05, 3.63) is 36.0 Å². The fraction of sp³-hybridized carbons (Fsp3) is 0.0769. The summed E-state index contributed by atoms with van der Waals surface area (Å²) in [6.45, 7) is -0.198. The van der Waals surface area contributed by atoms with E-state index in [9.17, 15) is 4.79 Å². The van der Waals surface area contributed by atoms with Crippen LogP contribution in [0.4, 0.5) is 5.13 Å². The van der Waals surface area contributed by atoms with Crippen LogP contribution in [0.1, 0.15) is 5.56 Å². The van der Waals surface area contributed by atoms with E-state index in [1.54, 1.807) is 28.9 Å². The molecule has 3 aromatic rings. The van der Waals surface area contributed by atoms with Gasteiger partial charge in [-0.15, -0.1) is 5.10 Å². The molecule has 21 heavy (non-hydrogen) atoms. The molecule has 0 aliphatic heterocycles. The Hall–Kier alpha value is -2.92. The van der Waals surface area contributed by atoms with E-state index in [0.29, 0.717) is 15.7 Å². The summed E-state index contributed by atoms with van der Waals surface area (Å²) in [4.78, 5) is 15.4. The number of hydrogen-bond donors (Lipinski definition) is 2. The van der Waals surface area contributed by atoms with Gasteiger partial charge in [0.15, 0.2) is 0 Å². The summed E-state index contributed by atoms with van der Waals surface area (Å²) in [5.74, 6) is -0.954. The molecule has 0 spiro atoms. The molecule has 0 aliphatic carbocycles. The zero-order chi connectivity index (χ0) is 14.8. The quantitative estimate of drug-likeness (QED) is 0.761. The molecule has 3 rings (SSSR count). The Balaban J connectivity index is 1.99. The van der Waals surface area contributed by atoms with Crippen molar-refractivity contribution in [1.82, 2.24) is 14.6 Å². The Morgan fingerprint density at radius 1 is 1.52 bits per heavy atom. The Morgan fingerprint density at radius 3 is 3.14 bits per heavy atom. The molecular formula is C13H9N5O2S. The number of hydrogen-bond acceptors (Lipinski definition) is 6. The minimum Gasteiger partial charge on any atom is -0.480 e. The number of benzene rings is 1. The van der Waals surface area contributed by atoms with Crippen molar-refractivity contribution in [2.45, 2.75) is 0 Å². The summed E-state index contributed by atoms with van der Waals surface area (Å²) in [5.41, 5.74) is 2.14. The molecule has 0 saturated carbocycles. The molecule has 2 heterocycles. The second-order valence-electron chi connectivity index (χ2n) is 4.18. The number of aliphatic carboxylic acids is 1. The van der Waals surface area contributed by atoms with E-state index in [1.165, 1.54) is 11.3 Å². The van der Waals surface area contributed by atoms with Gasteiger partial charge < -0.3 is 10.4 Å². The van der Waals surface area contributed by atoms with Crippen LogP contribution in [0.3, 0.4) is 0 Å². The summed E-state index contributed by atoms with van der Waals surface area (Å²) >= 11 is 1.27. The van der Waals surface area contributed by atoms with Crippen LogP contribution in [0.25, 0.3) is 16.2 Å². The first-order valence-corrected chi connectivity index (χ1v) is 6.80. The SMILES string of the molecule is N#Cc1cccc(-c2cnc3sc(NCC(=O)O)nn23)c1. The third-order valence-electron chi connectivity index (χ3n) is 2.76. The molecule has 2 N–H and O–H groups in total. The van der Waals surface area contributed by atoms with Crippen LogP contribution in [-0.2, 0) is 4.79 Å². The monoisotopic (exact) mass is 299 g/mol. The van der Waals surface area contributed by atoms with Gasteiger partial charge in [0, 0.05) is 5.56 Å².